The lowest BCUT2D eigenvalue weighted by atomic mass is 9.78. The van der Waals surface area contributed by atoms with Crippen molar-refractivity contribution in [3.8, 4) is 0 Å². The summed E-state index contributed by atoms with van der Waals surface area (Å²) < 4.78 is 0. The molecule has 2 aromatic rings. The molecule has 2 aromatic carbocycles. The smallest absolute Gasteiger partial charge is 0.0366 e. The van der Waals surface area contributed by atoms with Gasteiger partial charge in [0.1, 0.15) is 0 Å². The molecule has 0 saturated carbocycles. The molecule has 0 radical (unpaired) electrons. The highest BCUT2D eigenvalue weighted by molar-refractivity contribution is 5.50. The van der Waals surface area contributed by atoms with Gasteiger partial charge in [0.2, 0.25) is 0 Å². The van der Waals surface area contributed by atoms with Gasteiger partial charge in [-0.25, -0.2) is 0 Å². The van der Waals surface area contributed by atoms with E-state index in [1.165, 1.54) is 22.4 Å². The maximum atomic E-state index is 2.38. The van der Waals surface area contributed by atoms with Crippen LogP contribution < -0.4 is 4.90 Å². The second kappa shape index (κ2) is 6.34. The first-order valence-electron chi connectivity index (χ1n) is 7.91. The van der Waals surface area contributed by atoms with Crippen LogP contribution in [0.4, 0.5) is 5.69 Å². The molecule has 0 N–H and O–H groups in total. The molecule has 21 heavy (non-hydrogen) atoms. The molecular formula is C20H27N. The lowest BCUT2D eigenvalue weighted by molar-refractivity contribution is 0.640. The summed E-state index contributed by atoms with van der Waals surface area (Å²) in [6.07, 6.45) is 0. The van der Waals surface area contributed by atoms with Crippen molar-refractivity contribution in [2.45, 2.75) is 40.0 Å². The molecule has 0 bridgehead atoms. The van der Waals surface area contributed by atoms with E-state index in [0.717, 1.165) is 13.1 Å². The molecule has 1 nitrogen and oxygen atoms in total. The van der Waals surface area contributed by atoms with Gasteiger partial charge < -0.3 is 4.90 Å². The first-order valence-corrected chi connectivity index (χ1v) is 7.91. The lowest BCUT2D eigenvalue weighted by Crippen LogP contribution is -2.22. The molecule has 0 aliphatic heterocycles. The Bertz CT molecular complexity index is 560. The first kappa shape index (κ1) is 15.6. The summed E-state index contributed by atoms with van der Waals surface area (Å²) in [4.78, 5) is 2.38. The van der Waals surface area contributed by atoms with Gasteiger partial charge in [-0.05, 0) is 44.0 Å². The largest absolute Gasteiger partial charge is 0.372 e. The van der Waals surface area contributed by atoms with Gasteiger partial charge in [0.05, 0.1) is 0 Å². The topological polar surface area (TPSA) is 3.24 Å². The highest BCUT2D eigenvalue weighted by atomic mass is 15.1. The summed E-state index contributed by atoms with van der Waals surface area (Å²) in [7, 11) is 0. The van der Waals surface area contributed by atoms with E-state index in [2.05, 4.69) is 88.0 Å². The predicted octanol–water partition coefficient (Wildman–Crippen LogP) is 5.17. The normalized spacial score (nSPS) is 11.5. The number of hydrogen-bond acceptors (Lipinski definition) is 1. The third-order valence-electron chi connectivity index (χ3n) is 4.49. The molecule has 1 heteroatoms. The molecule has 0 aliphatic carbocycles. The van der Waals surface area contributed by atoms with Crippen molar-refractivity contribution in [1.29, 1.82) is 0 Å². The minimum Gasteiger partial charge on any atom is -0.372 e. The standard InChI is InChI=1S/C20H27N/c1-6-21(7-2)19-14-12-18(13-15-19)20(4,5)17-10-8-16(3)9-11-17/h8-15H,6-7H2,1-5H3. The van der Waals surface area contributed by atoms with Gasteiger partial charge in [0.15, 0.2) is 0 Å². The van der Waals surface area contributed by atoms with Crippen molar-refractivity contribution in [2.24, 2.45) is 0 Å². The van der Waals surface area contributed by atoms with Gasteiger partial charge in [-0.2, -0.15) is 0 Å². The summed E-state index contributed by atoms with van der Waals surface area (Å²) in [5.41, 5.74) is 5.39. The van der Waals surface area contributed by atoms with Crippen LogP contribution >= 0.6 is 0 Å². The monoisotopic (exact) mass is 281 g/mol. The zero-order valence-electron chi connectivity index (χ0n) is 14.0. The first-order chi connectivity index (χ1) is 9.98. The van der Waals surface area contributed by atoms with Crippen molar-refractivity contribution in [2.75, 3.05) is 18.0 Å². The van der Waals surface area contributed by atoms with Gasteiger partial charge in [-0.3, -0.25) is 0 Å². The fraction of sp³-hybridized carbons (Fsp3) is 0.400. The Labute approximate surface area is 129 Å². The van der Waals surface area contributed by atoms with Crippen molar-refractivity contribution in [1.82, 2.24) is 0 Å². The Kier molecular flexibility index (Phi) is 4.72. The number of anilines is 1. The third-order valence-corrected chi connectivity index (χ3v) is 4.49. The summed E-state index contributed by atoms with van der Waals surface area (Å²) in [5, 5.41) is 0. The highest BCUT2D eigenvalue weighted by Gasteiger charge is 2.22. The lowest BCUT2D eigenvalue weighted by Gasteiger charge is -2.28. The van der Waals surface area contributed by atoms with Gasteiger partial charge in [-0.15, -0.1) is 0 Å². The maximum Gasteiger partial charge on any atom is 0.0366 e. The quantitative estimate of drug-likeness (QED) is 0.731. The summed E-state index contributed by atoms with van der Waals surface area (Å²) in [6, 6.07) is 17.9. The molecule has 0 unspecified atom stereocenters. The number of nitrogens with zero attached hydrogens (tertiary/aromatic N) is 1. The molecule has 0 fully saturated rings. The summed E-state index contributed by atoms with van der Waals surface area (Å²) >= 11 is 0. The van der Waals surface area contributed by atoms with Gasteiger partial charge in [-0.1, -0.05) is 55.8 Å². The Hall–Kier alpha value is -1.76. The van der Waals surface area contributed by atoms with Crippen LogP contribution in [0.15, 0.2) is 48.5 Å². The SMILES string of the molecule is CCN(CC)c1ccc(C(C)(C)c2ccc(C)cc2)cc1. The van der Waals surface area contributed by atoms with Crippen LogP contribution in [0, 0.1) is 6.92 Å². The average Bonchev–Trinajstić information content (AvgIpc) is 2.49. The van der Waals surface area contributed by atoms with Gasteiger partial charge in [0.25, 0.3) is 0 Å². The van der Waals surface area contributed by atoms with Gasteiger partial charge >= 0.3 is 0 Å². The van der Waals surface area contributed by atoms with E-state index >= 15 is 0 Å². The van der Waals surface area contributed by atoms with Crippen LogP contribution in [0.3, 0.4) is 0 Å². The van der Waals surface area contributed by atoms with Crippen LogP contribution in [0.1, 0.15) is 44.4 Å². The Morgan fingerprint density at radius 1 is 0.762 bits per heavy atom. The van der Waals surface area contributed by atoms with E-state index in [9.17, 15) is 0 Å². The molecule has 0 atom stereocenters. The van der Waals surface area contributed by atoms with E-state index in [1.54, 1.807) is 0 Å². The number of rotatable bonds is 5. The molecule has 2 rings (SSSR count). The van der Waals surface area contributed by atoms with Crippen molar-refractivity contribution in [3.63, 3.8) is 0 Å². The molecule has 0 aromatic heterocycles. The minimum absolute atomic E-state index is 0.0372. The van der Waals surface area contributed by atoms with Crippen LogP contribution in [0.2, 0.25) is 0 Å². The zero-order valence-corrected chi connectivity index (χ0v) is 14.0. The van der Waals surface area contributed by atoms with E-state index in [-0.39, 0.29) is 5.41 Å². The fourth-order valence-electron chi connectivity index (χ4n) is 2.81. The van der Waals surface area contributed by atoms with Crippen LogP contribution in [-0.2, 0) is 5.41 Å². The molecule has 0 saturated heterocycles. The highest BCUT2D eigenvalue weighted by Crippen LogP contribution is 2.32. The average molecular weight is 281 g/mol. The molecule has 112 valence electrons. The second-order valence-electron chi connectivity index (χ2n) is 6.21. The fourth-order valence-corrected chi connectivity index (χ4v) is 2.81. The van der Waals surface area contributed by atoms with Crippen molar-refractivity contribution >= 4 is 5.69 Å². The number of benzene rings is 2. The van der Waals surface area contributed by atoms with E-state index in [1.807, 2.05) is 0 Å². The van der Waals surface area contributed by atoms with Crippen LogP contribution in [-0.4, -0.2) is 13.1 Å². The summed E-state index contributed by atoms with van der Waals surface area (Å²) in [6.45, 7) is 13.2. The Morgan fingerprint density at radius 3 is 1.62 bits per heavy atom. The van der Waals surface area contributed by atoms with E-state index < -0.39 is 0 Å². The molecule has 0 spiro atoms. The van der Waals surface area contributed by atoms with Crippen molar-refractivity contribution in [3.05, 3.63) is 65.2 Å². The molecule has 0 aliphatic rings. The number of hydrogen-bond donors (Lipinski definition) is 0. The predicted molar refractivity (Wildman–Crippen MR) is 93.3 cm³/mol. The third kappa shape index (κ3) is 3.29. The zero-order chi connectivity index (χ0) is 15.5. The van der Waals surface area contributed by atoms with Crippen LogP contribution in [0.25, 0.3) is 0 Å². The Morgan fingerprint density at radius 2 is 1.19 bits per heavy atom. The van der Waals surface area contributed by atoms with Crippen LogP contribution in [0.5, 0.6) is 0 Å². The maximum absolute atomic E-state index is 2.38. The molecule has 0 amide bonds. The Balaban J connectivity index is 2.30. The summed E-state index contributed by atoms with van der Waals surface area (Å²) in [5.74, 6) is 0. The van der Waals surface area contributed by atoms with E-state index in [0.29, 0.717) is 0 Å². The number of aryl methyl sites for hydroxylation is 1. The van der Waals surface area contributed by atoms with E-state index in [4.69, 9.17) is 0 Å². The van der Waals surface area contributed by atoms with Gasteiger partial charge in [0, 0.05) is 24.2 Å². The molecular weight excluding hydrogens is 254 g/mol. The molecule has 0 heterocycles. The van der Waals surface area contributed by atoms with Crippen molar-refractivity contribution < 1.29 is 0 Å². The minimum atomic E-state index is 0.0372. The second-order valence-corrected chi connectivity index (χ2v) is 6.21.